The van der Waals surface area contributed by atoms with E-state index in [1.165, 1.54) is 0 Å². The van der Waals surface area contributed by atoms with Gasteiger partial charge in [-0.3, -0.25) is 0 Å². The number of nitrogens with zero attached hydrogens (tertiary/aromatic N) is 1. The van der Waals surface area contributed by atoms with E-state index < -0.39 is 0 Å². The molecule has 6 heteroatoms. The van der Waals surface area contributed by atoms with Gasteiger partial charge < -0.3 is 24.4 Å². The Balaban J connectivity index is 1.47. The van der Waals surface area contributed by atoms with E-state index in [4.69, 9.17) is 14.2 Å². The largest absolute Gasteiger partial charge is 0.492 e. The molecule has 0 radical (unpaired) electrons. The number of hydrogen-bond donors (Lipinski definition) is 1. The highest BCUT2D eigenvalue weighted by atomic mass is 16.7. The van der Waals surface area contributed by atoms with E-state index in [0.29, 0.717) is 18.9 Å². The van der Waals surface area contributed by atoms with Gasteiger partial charge in [-0.15, -0.1) is 0 Å². The lowest BCUT2D eigenvalue weighted by molar-refractivity contribution is 0.174. The van der Waals surface area contributed by atoms with E-state index >= 15 is 0 Å². The van der Waals surface area contributed by atoms with Crippen LogP contribution in [0.2, 0.25) is 0 Å². The Labute approximate surface area is 147 Å². The van der Waals surface area contributed by atoms with Crippen LogP contribution in [0.25, 0.3) is 0 Å². The molecule has 1 aliphatic rings. The number of urea groups is 1. The van der Waals surface area contributed by atoms with Crippen LogP contribution >= 0.6 is 0 Å². The van der Waals surface area contributed by atoms with Crippen LogP contribution in [0.4, 0.5) is 4.79 Å². The predicted octanol–water partition coefficient (Wildman–Crippen LogP) is 3.20. The number of fused-ring (bicyclic) bond motifs is 1. The standard InChI is InChI=1S/C19H22N2O4/c1-14(15-8-9-17-18(12-15)25-13-24-17)20-19(22)21(2)10-11-23-16-6-4-3-5-7-16/h3-9,12,14H,10-11,13H2,1-2H3,(H,20,22). The van der Waals surface area contributed by atoms with Crippen LogP contribution in [0.5, 0.6) is 17.2 Å². The first kappa shape index (κ1) is 17.0. The third-order valence-corrected chi connectivity index (χ3v) is 4.02. The highest BCUT2D eigenvalue weighted by Crippen LogP contribution is 2.34. The number of carbonyl (C=O) groups excluding carboxylic acids is 1. The summed E-state index contributed by atoms with van der Waals surface area (Å²) >= 11 is 0. The molecule has 2 amide bonds. The Hall–Kier alpha value is -2.89. The van der Waals surface area contributed by atoms with E-state index in [1.807, 2.05) is 55.5 Å². The van der Waals surface area contributed by atoms with E-state index in [9.17, 15) is 4.79 Å². The first-order chi connectivity index (χ1) is 12.1. The molecule has 0 aliphatic carbocycles. The topological polar surface area (TPSA) is 60.0 Å². The number of rotatable bonds is 6. The molecule has 132 valence electrons. The zero-order chi connectivity index (χ0) is 17.6. The Bertz CT molecular complexity index is 721. The van der Waals surface area contributed by atoms with E-state index in [0.717, 1.165) is 17.1 Å². The van der Waals surface area contributed by atoms with Gasteiger partial charge in [0.05, 0.1) is 12.6 Å². The summed E-state index contributed by atoms with van der Waals surface area (Å²) < 4.78 is 16.3. The lowest BCUT2D eigenvalue weighted by Gasteiger charge is -2.22. The molecule has 0 fully saturated rings. The molecule has 2 aromatic carbocycles. The minimum atomic E-state index is -0.151. The summed E-state index contributed by atoms with van der Waals surface area (Å²) in [6.07, 6.45) is 0. The van der Waals surface area contributed by atoms with Crippen LogP contribution in [0.3, 0.4) is 0 Å². The fourth-order valence-electron chi connectivity index (χ4n) is 2.48. The Kier molecular flexibility index (Phi) is 5.28. The molecule has 1 unspecified atom stereocenters. The summed E-state index contributed by atoms with van der Waals surface area (Å²) in [5.41, 5.74) is 0.964. The second-order valence-electron chi connectivity index (χ2n) is 5.87. The Morgan fingerprint density at radius 1 is 1.20 bits per heavy atom. The second-order valence-corrected chi connectivity index (χ2v) is 5.87. The van der Waals surface area contributed by atoms with Crippen molar-refractivity contribution >= 4 is 6.03 Å². The molecule has 1 N–H and O–H groups in total. The molecule has 2 aromatic rings. The minimum absolute atomic E-state index is 0.139. The minimum Gasteiger partial charge on any atom is -0.492 e. The Morgan fingerprint density at radius 2 is 1.96 bits per heavy atom. The summed E-state index contributed by atoms with van der Waals surface area (Å²) in [4.78, 5) is 13.9. The molecule has 25 heavy (non-hydrogen) atoms. The lowest BCUT2D eigenvalue weighted by Crippen LogP contribution is -2.40. The van der Waals surface area contributed by atoms with Crippen LogP contribution in [0, 0.1) is 0 Å². The van der Waals surface area contributed by atoms with Crippen LogP contribution in [0.15, 0.2) is 48.5 Å². The fraction of sp³-hybridized carbons (Fsp3) is 0.316. The van der Waals surface area contributed by atoms with Crippen molar-refractivity contribution < 1.29 is 19.0 Å². The maximum Gasteiger partial charge on any atom is 0.317 e. The molecular formula is C19H22N2O4. The van der Waals surface area contributed by atoms with Gasteiger partial charge >= 0.3 is 6.03 Å². The van der Waals surface area contributed by atoms with Gasteiger partial charge in [0.2, 0.25) is 6.79 Å². The number of amides is 2. The molecule has 1 atom stereocenters. The van der Waals surface area contributed by atoms with E-state index in [2.05, 4.69) is 5.32 Å². The van der Waals surface area contributed by atoms with Gasteiger partial charge in [0, 0.05) is 7.05 Å². The molecule has 1 heterocycles. The molecule has 1 aliphatic heterocycles. The summed E-state index contributed by atoms with van der Waals surface area (Å²) in [5.74, 6) is 2.24. The molecule has 0 spiro atoms. The van der Waals surface area contributed by atoms with Crippen molar-refractivity contribution in [3.8, 4) is 17.2 Å². The van der Waals surface area contributed by atoms with Gasteiger partial charge in [0.1, 0.15) is 12.4 Å². The number of benzene rings is 2. The number of nitrogens with one attached hydrogen (secondary N) is 1. The van der Waals surface area contributed by atoms with Crippen LogP contribution in [-0.4, -0.2) is 37.9 Å². The van der Waals surface area contributed by atoms with E-state index in [1.54, 1.807) is 11.9 Å². The van der Waals surface area contributed by atoms with Crippen LogP contribution < -0.4 is 19.5 Å². The predicted molar refractivity (Wildman–Crippen MR) is 94.1 cm³/mol. The summed E-state index contributed by atoms with van der Waals surface area (Å²) in [6.45, 7) is 3.11. The van der Waals surface area contributed by atoms with Gasteiger partial charge in [-0.1, -0.05) is 24.3 Å². The van der Waals surface area contributed by atoms with Crippen LogP contribution in [0.1, 0.15) is 18.5 Å². The van der Waals surface area contributed by atoms with Crippen molar-refractivity contribution in [3.63, 3.8) is 0 Å². The second kappa shape index (κ2) is 7.79. The third-order valence-electron chi connectivity index (χ3n) is 4.02. The Morgan fingerprint density at radius 3 is 2.76 bits per heavy atom. The van der Waals surface area contributed by atoms with Gasteiger partial charge in [-0.25, -0.2) is 4.79 Å². The average Bonchev–Trinajstić information content (AvgIpc) is 3.10. The zero-order valence-electron chi connectivity index (χ0n) is 14.4. The van der Waals surface area contributed by atoms with Crippen molar-refractivity contribution in [2.45, 2.75) is 13.0 Å². The normalized spacial score (nSPS) is 13.2. The zero-order valence-corrected chi connectivity index (χ0v) is 14.4. The number of para-hydroxylation sites is 1. The van der Waals surface area contributed by atoms with E-state index in [-0.39, 0.29) is 18.9 Å². The molecule has 6 nitrogen and oxygen atoms in total. The molecule has 3 rings (SSSR count). The van der Waals surface area contributed by atoms with Crippen LogP contribution in [-0.2, 0) is 0 Å². The van der Waals surface area contributed by atoms with Crippen molar-refractivity contribution in [1.29, 1.82) is 0 Å². The first-order valence-corrected chi connectivity index (χ1v) is 8.22. The van der Waals surface area contributed by atoms with Crippen molar-refractivity contribution in [3.05, 3.63) is 54.1 Å². The number of ether oxygens (including phenoxy) is 3. The molecule has 0 aromatic heterocycles. The smallest absolute Gasteiger partial charge is 0.317 e. The molecule has 0 saturated carbocycles. The number of likely N-dealkylation sites (N-methyl/N-ethyl adjacent to an activating group) is 1. The van der Waals surface area contributed by atoms with Gasteiger partial charge in [0.25, 0.3) is 0 Å². The lowest BCUT2D eigenvalue weighted by atomic mass is 10.1. The van der Waals surface area contributed by atoms with Crippen molar-refractivity contribution in [1.82, 2.24) is 10.2 Å². The first-order valence-electron chi connectivity index (χ1n) is 8.22. The van der Waals surface area contributed by atoms with Crippen molar-refractivity contribution in [2.24, 2.45) is 0 Å². The number of carbonyl (C=O) groups is 1. The number of hydrogen-bond acceptors (Lipinski definition) is 4. The monoisotopic (exact) mass is 342 g/mol. The summed E-state index contributed by atoms with van der Waals surface area (Å²) in [7, 11) is 1.75. The summed E-state index contributed by atoms with van der Waals surface area (Å²) in [6, 6.07) is 14.9. The van der Waals surface area contributed by atoms with Gasteiger partial charge in [0.15, 0.2) is 11.5 Å². The molecule has 0 bridgehead atoms. The van der Waals surface area contributed by atoms with Gasteiger partial charge in [-0.2, -0.15) is 0 Å². The maximum atomic E-state index is 12.3. The SMILES string of the molecule is CC(NC(=O)N(C)CCOc1ccccc1)c1ccc2c(c1)OCO2. The quantitative estimate of drug-likeness (QED) is 0.876. The average molecular weight is 342 g/mol. The highest BCUT2D eigenvalue weighted by molar-refractivity contribution is 5.74. The third kappa shape index (κ3) is 4.35. The van der Waals surface area contributed by atoms with Crippen molar-refractivity contribution in [2.75, 3.05) is 27.0 Å². The molecule has 0 saturated heterocycles. The summed E-state index contributed by atoms with van der Waals surface area (Å²) in [5, 5.41) is 2.97. The fourth-order valence-corrected chi connectivity index (χ4v) is 2.48. The molecular weight excluding hydrogens is 320 g/mol. The highest BCUT2D eigenvalue weighted by Gasteiger charge is 2.18. The van der Waals surface area contributed by atoms with Gasteiger partial charge in [-0.05, 0) is 36.8 Å². The maximum absolute atomic E-state index is 12.3.